The van der Waals surface area contributed by atoms with E-state index in [1.54, 1.807) is 6.07 Å². The second kappa shape index (κ2) is 4.91. The number of aryl methyl sites for hydroxylation is 1. The molecule has 0 spiro atoms. The van der Waals surface area contributed by atoms with Crippen molar-refractivity contribution in [1.29, 1.82) is 0 Å². The molecule has 0 aliphatic carbocycles. The zero-order valence-corrected chi connectivity index (χ0v) is 11.3. The number of methoxy groups -OCH3 is 1. The third-order valence-corrected chi connectivity index (χ3v) is 3.42. The van der Waals surface area contributed by atoms with E-state index >= 15 is 0 Å². The van der Waals surface area contributed by atoms with Crippen molar-refractivity contribution in [3.8, 4) is 11.4 Å². The number of hydrogen-bond acceptors (Lipinski definition) is 6. The lowest BCUT2D eigenvalue weighted by molar-refractivity contribution is 0.0594. The summed E-state index contributed by atoms with van der Waals surface area (Å²) >= 11 is 7.41. The molecule has 2 N–H and O–H groups in total. The van der Waals surface area contributed by atoms with Gasteiger partial charge in [0.2, 0.25) is 0 Å². The summed E-state index contributed by atoms with van der Waals surface area (Å²) in [6.45, 7) is 1.88. The molecule has 2 rings (SSSR count). The molecule has 5 nitrogen and oxygen atoms in total. The first kappa shape index (κ1) is 12.8. The molecule has 2 aromatic heterocycles. The number of halogens is 1. The Kier molecular flexibility index (Phi) is 3.49. The molecule has 0 unspecified atom stereocenters. The van der Waals surface area contributed by atoms with E-state index in [-0.39, 0.29) is 16.4 Å². The van der Waals surface area contributed by atoms with Gasteiger partial charge in [-0.15, -0.1) is 11.3 Å². The highest BCUT2D eigenvalue weighted by molar-refractivity contribution is 7.09. The van der Waals surface area contributed by atoms with Crippen LogP contribution in [0.4, 0.5) is 5.69 Å². The van der Waals surface area contributed by atoms with Crippen LogP contribution in [0, 0.1) is 6.92 Å². The van der Waals surface area contributed by atoms with E-state index < -0.39 is 5.97 Å². The summed E-state index contributed by atoms with van der Waals surface area (Å²) < 4.78 is 4.61. The maximum Gasteiger partial charge on any atom is 0.358 e. The van der Waals surface area contributed by atoms with E-state index in [1.165, 1.54) is 18.4 Å². The average molecular weight is 284 g/mol. The fraction of sp³-hybridized carbons (Fsp3) is 0.182. The molecular weight excluding hydrogens is 274 g/mol. The van der Waals surface area contributed by atoms with E-state index in [4.69, 9.17) is 17.3 Å². The molecule has 0 atom stereocenters. The van der Waals surface area contributed by atoms with Gasteiger partial charge in [0.1, 0.15) is 0 Å². The van der Waals surface area contributed by atoms with Crippen molar-refractivity contribution < 1.29 is 9.53 Å². The minimum absolute atomic E-state index is 0.000167. The topological polar surface area (TPSA) is 78.1 Å². The lowest BCUT2D eigenvalue weighted by Gasteiger charge is -2.06. The maximum absolute atomic E-state index is 11.5. The summed E-state index contributed by atoms with van der Waals surface area (Å²) in [5.74, 6) is -0.625. The molecule has 0 radical (unpaired) electrons. The van der Waals surface area contributed by atoms with E-state index in [9.17, 15) is 4.79 Å². The molecule has 0 aromatic carbocycles. The second-order valence-electron chi connectivity index (χ2n) is 3.50. The number of rotatable bonds is 2. The number of nitrogens with two attached hydrogens (primary N) is 1. The van der Waals surface area contributed by atoms with Gasteiger partial charge in [-0.3, -0.25) is 0 Å². The van der Waals surface area contributed by atoms with Crippen LogP contribution in [0.3, 0.4) is 0 Å². The first-order valence-corrected chi connectivity index (χ1v) is 6.25. The number of carbonyl (C=O) groups excluding carboxylic acids is 1. The molecule has 0 bridgehead atoms. The Hall–Kier alpha value is -1.66. The van der Waals surface area contributed by atoms with Crippen LogP contribution < -0.4 is 5.73 Å². The molecule has 18 heavy (non-hydrogen) atoms. The van der Waals surface area contributed by atoms with Crippen LogP contribution >= 0.6 is 22.9 Å². The fourth-order valence-electron chi connectivity index (χ4n) is 1.39. The largest absolute Gasteiger partial charge is 0.464 e. The van der Waals surface area contributed by atoms with E-state index in [0.717, 1.165) is 5.01 Å². The quantitative estimate of drug-likeness (QED) is 0.857. The molecule has 0 fully saturated rings. The van der Waals surface area contributed by atoms with Crippen LogP contribution in [0.1, 0.15) is 15.5 Å². The normalized spacial score (nSPS) is 10.4. The van der Waals surface area contributed by atoms with Crippen LogP contribution in [-0.2, 0) is 4.74 Å². The SMILES string of the molecule is COC(=O)c1nc(-c2csc(C)n2)cc(N)c1Cl. The standard InChI is InChI=1S/C11H10ClN3O2S/c1-5-14-8(4-18-5)7-3-6(13)9(12)10(15-7)11(16)17-2/h3-4H,1-2H3,(H2,13,15). The van der Waals surface area contributed by atoms with E-state index in [1.807, 2.05) is 12.3 Å². The van der Waals surface area contributed by atoms with Gasteiger partial charge in [-0.05, 0) is 13.0 Å². The van der Waals surface area contributed by atoms with Gasteiger partial charge < -0.3 is 10.5 Å². The minimum Gasteiger partial charge on any atom is -0.464 e. The number of nitrogens with zero attached hydrogens (tertiary/aromatic N) is 2. The van der Waals surface area contributed by atoms with E-state index in [0.29, 0.717) is 11.4 Å². The van der Waals surface area contributed by atoms with Crippen molar-refractivity contribution in [3.63, 3.8) is 0 Å². The Labute approximate surface area is 113 Å². The zero-order valence-electron chi connectivity index (χ0n) is 9.73. The summed E-state index contributed by atoms with van der Waals surface area (Å²) in [6, 6.07) is 1.59. The van der Waals surface area contributed by atoms with Crippen molar-refractivity contribution in [2.45, 2.75) is 6.92 Å². The first-order valence-electron chi connectivity index (χ1n) is 4.99. The number of anilines is 1. The third-order valence-electron chi connectivity index (χ3n) is 2.25. The summed E-state index contributed by atoms with van der Waals surface area (Å²) in [5.41, 5.74) is 7.18. The number of hydrogen-bond donors (Lipinski definition) is 1. The number of ether oxygens (including phenoxy) is 1. The monoisotopic (exact) mass is 283 g/mol. The molecule has 2 aromatic rings. The molecule has 2 heterocycles. The molecule has 7 heteroatoms. The van der Waals surface area contributed by atoms with Gasteiger partial charge in [-0.1, -0.05) is 11.6 Å². The Morgan fingerprint density at radius 1 is 1.44 bits per heavy atom. The van der Waals surface area contributed by atoms with Crippen LogP contribution in [0.5, 0.6) is 0 Å². The van der Waals surface area contributed by atoms with Crippen LogP contribution in [-0.4, -0.2) is 23.0 Å². The van der Waals surface area contributed by atoms with E-state index in [2.05, 4.69) is 14.7 Å². The molecule has 0 amide bonds. The Morgan fingerprint density at radius 2 is 2.17 bits per heavy atom. The fourth-order valence-corrected chi connectivity index (χ4v) is 2.17. The van der Waals surface area contributed by atoms with Crippen molar-refractivity contribution in [2.75, 3.05) is 12.8 Å². The lowest BCUT2D eigenvalue weighted by Crippen LogP contribution is -2.08. The van der Waals surface area contributed by atoms with Gasteiger partial charge in [0.25, 0.3) is 0 Å². The van der Waals surface area contributed by atoms with Crippen LogP contribution in [0.25, 0.3) is 11.4 Å². The highest BCUT2D eigenvalue weighted by atomic mass is 35.5. The second-order valence-corrected chi connectivity index (χ2v) is 4.94. The van der Waals surface area contributed by atoms with Crippen LogP contribution in [0.2, 0.25) is 5.02 Å². The zero-order chi connectivity index (χ0) is 13.3. The molecule has 0 aliphatic heterocycles. The van der Waals surface area contributed by atoms with Crippen molar-refractivity contribution in [2.24, 2.45) is 0 Å². The van der Waals surface area contributed by atoms with Crippen LogP contribution in [0.15, 0.2) is 11.4 Å². The predicted octanol–water partition coefficient (Wildman–Crippen LogP) is 2.54. The summed E-state index contributed by atoms with van der Waals surface area (Å²) in [4.78, 5) is 20.0. The summed E-state index contributed by atoms with van der Waals surface area (Å²) in [7, 11) is 1.26. The number of pyridine rings is 1. The molecular formula is C11H10ClN3O2S. The highest BCUT2D eigenvalue weighted by Crippen LogP contribution is 2.28. The Bertz CT molecular complexity index is 612. The third kappa shape index (κ3) is 2.30. The van der Waals surface area contributed by atoms with Gasteiger partial charge in [0.15, 0.2) is 5.69 Å². The first-order chi connectivity index (χ1) is 8.52. The summed E-state index contributed by atoms with van der Waals surface area (Å²) in [6.07, 6.45) is 0. The predicted molar refractivity (Wildman–Crippen MR) is 70.8 cm³/mol. The lowest BCUT2D eigenvalue weighted by atomic mass is 10.2. The summed E-state index contributed by atoms with van der Waals surface area (Å²) in [5, 5.41) is 2.84. The Morgan fingerprint density at radius 3 is 2.72 bits per heavy atom. The van der Waals surface area contributed by atoms with Gasteiger partial charge in [0, 0.05) is 5.38 Å². The van der Waals surface area contributed by atoms with Gasteiger partial charge in [-0.2, -0.15) is 0 Å². The minimum atomic E-state index is -0.625. The number of esters is 1. The molecule has 0 saturated heterocycles. The smallest absolute Gasteiger partial charge is 0.358 e. The van der Waals surface area contributed by atoms with Crippen molar-refractivity contribution >= 4 is 34.6 Å². The maximum atomic E-state index is 11.5. The number of nitrogen functional groups attached to an aromatic ring is 1. The van der Waals surface area contributed by atoms with Gasteiger partial charge in [-0.25, -0.2) is 14.8 Å². The average Bonchev–Trinajstić information content (AvgIpc) is 2.78. The highest BCUT2D eigenvalue weighted by Gasteiger charge is 2.18. The number of aromatic nitrogens is 2. The number of carbonyl (C=O) groups is 1. The molecule has 94 valence electrons. The van der Waals surface area contributed by atoms with Crippen molar-refractivity contribution in [1.82, 2.24) is 9.97 Å². The molecule has 0 aliphatic rings. The van der Waals surface area contributed by atoms with Gasteiger partial charge in [0.05, 0.1) is 34.2 Å². The number of thiazole rings is 1. The molecule has 0 saturated carbocycles. The van der Waals surface area contributed by atoms with Crippen molar-refractivity contribution in [3.05, 3.63) is 27.2 Å². The van der Waals surface area contributed by atoms with Gasteiger partial charge >= 0.3 is 5.97 Å². The Balaban J connectivity index is 2.57.